The fourth-order valence-corrected chi connectivity index (χ4v) is 3.01. The summed E-state index contributed by atoms with van der Waals surface area (Å²) in [5, 5.41) is 17.7. The number of carbonyl (C=O) groups excluding carboxylic acids is 1. The first-order valence-corrected chi connectivity index (χ1v) is 8.01. The van der Waals surface area contributed by atoms with Crippen molar-refractivity contribution in [3.8, 4) is 5.69 Å². The molecule has 1 unspecified atom stereocenters. The summed E-state index contributed by atoms with van der Waals surface area (Å²) in [4.78, 5) is 14.3. The molecule has 2 heterocycles. The minimum Gasteiger partial charge on any atom is -0.393 e. The molecule has 1 atom stereocenters. The molecule has 1 saturated heterocycles. The average molecular weight is 314 g/mol. The number of amides is 1. The summed E-state index contributed by atoms with van der Waals surface area (Å²) in [5.74, 6) is 0.190. The second-order valence-corrected chi connectivity index (χ2v) is 6.26. The topological polar surface area (TPSA) is 71.2 Å². The van der Waals surface area contributed by atoms with Crippen LogP contribution in [0, 0.1) is 12.8 Å². The van der Waals surface area contributed by atoms with Gasteiger partial charge in [0.1, 0.15) is 0 Å². The summed E-state index contributed by atoms with van der Waals surface area (Å²) in [6.45, 7) is 5.14. The zero-order valence-electron chi connectivity index (χ0n) is 13.5. The SMILES string of the molecule is Cc1cccc(-n2cc(C(=O)N3CCC(C(C)O)CC3)nn2)c1. The minimum atomic E-state index is -0.311. The fourth-order valence-electron chi connectivity index (χ4n) is 3.01. The third-order valence-electron chi connectivity index (χ3n) is 4.49. The number of nitrogens with zero attached hydrogens (tertiary/aromatic N) is 4. The predicted octanol–water partition coefficient (Wildman–Crippen LogP) is 1.81. The van der Waals surface area contributed by atoms with Crippen molar-refractivity contribution in [3.05, 3.63) is 41.7 Å². The highest BCUT2D eigenvalue weighted by atomic mass is 16.3. The van der Waals surface area contributed by atoms with E-state index in [0.29, 0.717) is 18.8 Å². The Morgan fingerprint density at radius 3 is 2.74 bits per heavy atom. The highest BCUT2D eigenvalue weighted by Gasteiger charge is 2.27. The van der Waals surface area contributed by atoms with Crippen molar-refractivity contribution >= 4 is 5.91 Å². The van der Waals surface area contributed by atoms with Crippen molar-refractivity contribution in [2.75, 3.05) is 13.1 Å². The van der Waals surface area contributed by atoms with Crippen molar-refractivity contribution in [1.82, 2.24) is 19.9 Å². The van der Waals surface area contributed by atoms with Gasteiger partial charge >= 0.3 is 0 Å². The number of aliphatic hydroxyl groups is 1. The Bertz CT molecular complexity index is 687. The molecule has 6 nitrogen and oxygen atoms in total. The molecule has 0 radical (unpaired) electrons. The van der Waals surface area contributed by atoms with Gasteiger partial charge in [-0.1, -0.05) is 17.3 Å². The van der Waals surface area contributed by atoms with Gasteiger partial charge in [-0.2, -0.15) is 0 Å². The zero-order valence-corrected chi connectivity index (χ0v) is 13.5. The Balaban J connectivity index is 1.70. The molecule has 0 aliphatic carbocycles. The molecule has 2 aromatic rings. The number of aromatic nitrogens is 3. The monoisotopic (exact) mass is 314 g/mol. The molecule has 1 aliphatic rings. The van der Waals surface area contributed by atoms with Gasteiger partial charge in [-0.05, 0) is 50.3 Å². The number of likely N-dealkylation sites (tertiary alicyclic amines) is 1. The molecule has 1 aromatic heterocycles. The van der Waals surface area contributed by atoms with E-state index in [0.717, 1.165) is 24.1 Å². The molecule has 23 heavy (non-hydrogen) atoms. The average Bonchev–Trinajstić information content (AvgIpc) is 3.04. The van der Waals surface area contributed by atoms with E-state index < -0.39 is 0 Å². The first-order valence-electron chi connectivity index (χ1n) is 8.01. The van der Waals surface area contributed by atoms with Crippen LogP contribution in [-0.4, -0.2) is 50.1 Å². The molecular weight excluding hydrogens is 292 g/mol. The van der Waals surface area contributed by atoms with Crippen LogP contribution in [0.25, 0.3) is 5.69 Å². The first-order chi connectivity index (χ1) is 11.0. The third-order valence-corrected chi connectivity index (χ3v) is 4.49. The molecule has 1 amide bonds. The van der Waals surface area contributed by atoms with E-state index in [1.807, 2.05) is 38.1 Å². The second kappa shape index (κ2) is 6.50. The van der Waals surface area contributed by atoms with Crippen LogP contribution in [0.2, 0.25) is 0 Å². The van der Waals surface area contributed by atoms with Gasteiger partial charge in [0.25, 0.3) is 5.91 Å². The van der Waals surface area contributed by atoms with E-state index in [1.165, 1.54) is 0 Å². The van der Waals surface area contributed by atoms with Crippen molar-refractivity contribution < 1.29 is 9.90 Å². The number of piperidine rings is 1. The molecule has 0 saturated carbocycles. The third kappa shape index (κ3) is 3.42. The van der Waals surface area contributed by atoms with E-state index in [9.17, 15) is 9.90 Å². The number of carbonyl (C=O) groups is 1. The maximum absolute atomic E-state index is 12.5. The number of hydrogen-bond acceptors (Lipinski definition) is 4. The number of aliphatic hydroxyl groups excluding tert-OH is 1. The summed E-state index contributed by atoms with van der Waals surface area (Å²) < 4.78 is 1.63. The van der Waals surface area contributed by atoms with Crippen LogP contribution in [-0.2, 0) is 0 Å². The van der Waals surface area contributed by atoms with Crippen LogP contribution in [0.4, 0.5) is 0 Å². The molecule has 122 valence electrons. The molecule has 1 aliphatic heterocycles. The molecule has 1 fully saturated rings. The van der Waals surface area contributed by atoms with E-state index in [-0.39, 0.29) is 17.9 Å². The largest absolute Gasteiger partial charge is 0.393 e. The van der Waals surface area contributed by atoms with Crippen LogP contribution in [0.5, 0.6) is 0 Å². The van der Waals surface area contributed by atoms with Crippen LogP contribution in [0.3, 0.4) is 0 Å². The molecule has 1 aromatic carbocycles. The molecular formula is C17H22N4O2. The summed E-state index contributed by atoms with van der Waals surface area (Å²) in [6.07, 6.45) is 3.03. The normalized spacial score (nSPS) is 17.3. The Kier molecular flexibility index (Phi) is 4.43. The van der Waals surface area contributed by atoms with Crippen LogP contribution >= 0.6 is 0 Å². The van der Waals surface area contributed by atoms with E-state index in [4.69, 9.17) is 0 Å². The highest BCUT2D eigenvalue weighted by Crippen LogP contribution is 2.21. The van der Waals surface area contributed by atoms with Gasteiger partial charge in [-0.15, -0.1) is 5.10 Å². The molecule has 1 N–H and O–H groups in total. The highest BCUT2D eigenvalue weighted by molar-refractivity contribution is 5.92. The van der Waals surface area contributed by atoms with Crippen LogP contribution in [0.15, 0.2) is 30.5 Å². The van der Waals surface area contributed by atoms with Crippen molar-refractivity contribution in [1.29, 1.82) is 0 Å². The van der Waals surface area contributed by atoms with Crippen LogP contribution < -0.4 is 0 Å². The fraction of sp³-hybridized carbons (Fsp3) is 0.471. The van der Waals surface area contributed by atoms with E-state index >= 15 is 0 Å². The first kappa shape index (κ1) is 15.7. The summed E-state index contributed by atoms with van der Waals surface area (Å²) in [5.41, 5.74) is 2.39. The number of hydrogen-bond donors (Lipinski definition) is 1. The Morgan fingerprint density at radius 1 is 1.35 bits per heavy atom. The lowest BCUT2D eigenvalue weighted by Gasteiger charge is -2.32. The number of benzene rings is 1. The Morgan fingerprint density at radius 2 is 2.09 bits per heavy atom. The maximum atomic E-state index is 12.5. The quantitative estimate of drug-likeness (QED) is 0.938. The van der Waals surface area contributed by atoms with Gasteiger partial charge < -0.3 is 10.0 Å². The lowest BCUT2D eigenvalue weighted by Crippen LogP contribution is -2.40. The number of aryl methyl sites for hydroxylation is 1. The lowest BCUT2D eigenvalue weighted by molar-refractivity contribution is 0.0517. The summed E-state index contributed by atoms with van der Waals surface area (Å²) >= 11 is 0. The molecule has 0 bridgehead atoms. The van der Waals surface area contributed by atoms with E-state index in [1.54, 1.807) is 15.8 Å². The van der Waals surface area contributed by atoms with E-state index in [2.05, 4.69) is 10.3 Å². The Hall–Kier alpha value is -2.21. The second-order valence-electron chi connectivity index (χ2n) is 6.26. The van der Waals surface area contributed by atoms with Gasteiger partial charge in [0.05, 0.1) is 18.0 Å². The number of rotatable bonds is 3. The van der Waals surface area contributed by atoms with Crippen molar-refractivity contribution in [3.63, 3.8) is 0 Å². The maximum Gasteiger partial charge on any atom is 0.276 e. The Labute approximate surface area is 135 Å². The zero-order chi connectivity index (χ0) is 16.4. The lowest BCUT2D eigenvalue weighted by atomic mass is 9.92. The van der Waals surface area contributed by atoms with Crippen LogP contribution in [0.1, 0.15) is 35.8 Å². The predicted molar refractivity (Wildman–Crippen MR) is 86.4 cm³/mol. The smallest absolute Gasteiger partial charge is 0.276 e. The van der Waals surface area contributed by atoms with Gasteiger partial charge in [0.2, 0.25) is 0 Å². The standard InChI is InChI=1S/C17H22N4O2/c1-12-4-3-5-15(10-12)21-11-16(18-19-21)17(23)20-8-6-14(7-9-20)13(2)22/h3-5,10-11,13-14,22H,6-9H2,1-2H3. The molecule has 3 rings (SSSR count). The summed E-state index contributed by atoms with van der Waals surface area (Å²) in [7, 11) is 0. The molecule has 0 spiro atoms. The van der Waals surface area contributed by atoms with Crippen molar-refractivity contribution in [2.45, 2.75) is 32.8 Å². The van der Waals surface area contributed by atoms with Gasteiger partial charge in [-0.25, -0.2) is 4.68 Å². The summed E-state index contributed by atoms with van der Waals surface area (Å²) in [6, 6.07) is 7.90. The van der Waals surface area contributed by atoms with Crippen molar-refractivity contribution in [2.24, 2.45) is 5.92 Å². The van der Waals surface area contributed by atoms with Gasteiger partial charge in [0.15, 0.2) is 5.69 Å². The minimum absolute atomic E-state index is 0.0899. The molecule has 6 heteroatoms. The van der Waals surface area contributed by atoms with Gasteiger partial charge in [-0.3, -0.25) is 4.79 Å². The van der Waals surface area contributed by atoms with Gasteiger partial charge in [0, 0.05) is 13.1 Å².